The quantitative estimate of drug-likeness (QED) is 0.680. The fourth-order valence-electron chi connectivity index (χ4n) is 4.30. The Balaban J connectivity index is 1.65. The first kappa shape index (κ1) is 16.4. The summed E-state index contributed by atoms with van der Waals surface area (Å²) in [6.07, 6.45) is 0.976. The normalized spacial score (nSPS) is 20.5. The fraction of sp³-hybridized carbons (Fsp3) is 0.318. The SMILES string of the molecule is CC1(C)c2cc(O[C@H]3CCOC3)ccc2C(=O)c2c1[nH]c1cc(N)ccc21. The predicted molar refractivity (Wildman–Crippen MR) is 105 cm³/mol. The summed E-state index contributed by atoms with van der Waals surface area (Å²) in [5.41, 5.74) is 10.6. The van der Waals surface area contributed by atoms with Crippen LogP contribution in [-0.2, 0) is 10.2 Å². The number of carbonyl (C=O) groups excluding carboxylic acids is 1. The molecule has 2 aliphatic rings. The van der Waals surface area contributed by atoms with Crippen molar-refractivity contribution in [3.8, 4) is 5.75 Å². The van der Waals surface area contributed by atoms with Crippen LogP contribution >= 0.6 is 0 Å². The Hall–Kier alpha value is -2.79. The van der Waals surface area contributed by atoms with Gasteiger partial charge in [-0.05, 0) is 35.9 Å². The van der Waals surface area contributed by atoms with Crippen LogP contribution in [0.2, 0.25) is 0 Å². The van der Waals surface area contributed by atoms with Crippen molar-refractivity contribution in [3.63, 3.8) is 0 Å². The fourth-order valence-corrected chi connectivity index (χ4v) is 4.30. The third-order valence-corrected chi connectivity index (χ3v) is 5.77. The monoisotopic (exact) mass is 362 g/mol. The van der Waals surface area contributed by atoms with Crippen LogP contribution < -0.4 is 10.5 Å². The van der Waals surface area contributed by atoms with Gasteiger partial charge in [-0.3, -0.25) is 4.79 Å². The zero-order valence-electron chi connectivity index (χ0n) is 15.5. The number of anilines is 1. The van der Waals surface area contributed by atoms with Gasteiger partial charge >= 0.3 is 0 Å². The molecule has 0 spiro atoms. The van der Waals surface area contributed by atoms with E-state index in [-0.39, 0.29) is 17.3 Å². The number of H-pyrrole nitrogens is 1. The third-order valence-electron chi connectivity index (χ3n) is 5.77. The van der Waals surface area contributed by atoms with Crippen LogP contribution in [0.1, 0.15) is 47.4 Å². The van der Waals surface area contributed by atoms with Crippen LogP contribution in [0.4, 0.5) is 5.69 Å². The Morgan fingerprint density at radius 2 is 2.07 bits per heavy atom. The number of ether oxygens (including phenoxy) is 2. The van der Waals surface area contributed by atoms with E-state index in [1.165, 1.54) is 0 Å². The molecule has 1 atom stereocenters. The molecule has 0 amide bonds. The molecule has 1 aromatic heterocycles. The molecule has 1 fully saturated rings. The Morgan fingerprint density at radius 1 is 1.22 bits per heavy atom. The number of hydrogen-bond acceptors (Lipinski definition) is 4. The predicted octanol–water partition coefficient (Wildman–Crippen LogP) is 3.79. The summed E-state index contributed by atoms with van der Waals surface area (Å²) in [6.45, 7) is 5.63. The minimum Gasteiger partial charge on any atom is -0.488 e. The molecular weight excluding hydrogens is 340 g/mol. The zero-order valence-corrected chi connectivity index (χ0v) is 15.5. The van der Waals surface area contributed by atoms with Crippen molar-refractivity contribution in [2.24, 2.45) is 0 Å². The van der Waals surface area contributed by atoms with Gasteiger partial charge in [0.05, 0.1) is 18.8 Å². The standard InChI is InChI=1S/C22H22N2O3/c1-22(2)17-10-13(27-14-7-8-26-11-14)4-6-15(17)20(25)19-16-5-3-12(23)9-18(16)24-21(19)22/h3-6,9-10,14,24H,7-8,11,23H2,1-2H3/t14-/m0/s1. The highest BCUT2D eigenvalue weighted by Gasteiger charge is 2.40. The van der Waals surface area contributed by atoms with Crippen LogP contribution in [0.5, 0.6) is 5.75 Å². The molecule has 27 heavy (non-hydrogen) atoms. The van der Waals surface area contributed by atoms with E-state index in [1.54, 1.807) is 0 Å². The number of ketones is 1. The lowest BCUT2D eigenvalue weighted by molar-refractivity contribution is 0.103. The number of aromatic nitrogens is 1. The van der Waals surface area contributed by atoms with Gasteiger partial charge in [0.1, 0.15) is 11.9 Å². The molecule has 138 valence electrons. The Morgan fingerprint density at radius 3 is 2.85 bits per heavy atom. The lowest BCUT2D eigenvalue weighted by Gasteiger charge is -2.32. The number of nitrogens with one attached hydrogen (secondary N) is 1. The van der Waals surface area contributed by atoms with Crippen LogP contribution in [0, 0.1) is 0 Å². The average molecular weight is 362 g/mol. The molecule has 3 aromatic rings. The maximum Gasteiger partial charge on any atom is 0.195 e. The maximum atomic E-state index is 13.3. The van der Waals surface area contributed by atoms with Crippen molar-refractivity contribution >= 4 is 22.4 Å². The zero-order chi connectivity index (χ0) is 18.8. The van der Waals surface area contributed by atoms with E-state index < -0.39 is 0 Å². The number of aromatic amines is 1. The van der Waals surface area contributed by atoms with E-state index in [9.17, 15) is 4.79 Å². The number of nitrogen functional groups attached to an aromatic ring is 1. The summed E-state index contributed by atoms with van der Waals surface area (Å²) in [7, 11) is 0. The molecule has 5 nitrogen and oxygen atoms in total. The Labute approximate surface area is 157 Å². The second-order valence-corrected chi connectivity index (χ2v) is 7.94. The largest absolute Gasteiger partial charge is 0.488 e. The van der Waals surface area contributed by atoms with Crippen molar-refractivity contribution < 1.29 is 14.3 Å². The van der Waals surface area contributed by atoms with Gasteiger partial charge in [-0.15, -0.1) is 0 Å². The Bertz CT molecular complexity index is 1070. The van der Waals surface area contributed by atoms with Gasteiger partial charge in [-0.1, -0.05) is 19.9 Å². The summed E-state index contributed by atoms with van der Waals surface area (Å²) < 4.78 is 11.5. The molecule has 5 heteroatoms. The lowest BCUT2D eigenvalue weighted by Crippen LogP contribution is -2.30. The molecule has 3 N–H and O–H groups in total. The summed E-state index contributed by atoms with van der Waals surface area (Å²) in [6, 6.07) is 11.4. The highest BCUT2D eigenvalue weighted by molar-refractivity contribution is 6.20. The minimum absolute atomic E-state index is 0.0473. The van der Waals surface area contributed by atoms with E-state index in [0.717, 1.165) is 52.1 Å². The van der Waals surface area contributed by atoms with Crippen molar-refractivity contribution in [2.45, 2.75) is 31.8 Å². The molecule has 1 aliphatic carbocycles. The van der Waals surface area contributed by atoms with Gasteiger partial charge in [0.15, 0.2) is 5.78 Å². The first-order valence-corrected chi connectivity index (χ1v) is 9.30. The Kier molecular flexibility index (Phi) is 3.40. The van der Waals surface area contributed by atoms with E-state index in [2.05, 4.69) is 18.8 Å². The average Bonchev–Trinajstić information content (AvgIpc) is 3.27. The topological polar surface area (TPSA) is 77.3 Å². The summed E-state index contributed by atoms with van der Waals surface area (Å²) in [5, 5.41) is 0.923. The van der Waals surface area contributed by atoms with Gasteiger partial charge < -0.3 is 20.2 Å². The van der Waals surface area contributed by atoms with Crippen molar-refractivity contribution in [1.82, 2.24) is 4.98 Å². The van der Waals surface area contributed by atoms with Gasteiger partial charge in [0, 0.05) is 39.7 Å². The number of fused-ring (bicyclic) bond motifs is 4. The molecule has 0 unspecified atom stereocenters. The number of carbonyl (C=O) groups is 1. The highest BCUT2D eigenvalue weighted by Crippen LogP contribution is 2.44. The molecule has 5 rings (SSSR count). The molecule has 1 aliphatic heterocycles. The second kappa shape index (κ2) is 5.60. The molecule has 1 saturated heterocycles. The molecule has 2 heterocycles. The molecule has 0 bridgehead atoms. The maximum absolute atomic E-state index is 13.3. The third kappa shape index (κ3) is 2.38. The van der Waals surface area contributed by atoms with Crippen molar-refractivity contribution in [3.05, 3.63) is 58.8 Å². The second-order valence-electron chi connectivity index (χ2n) is 7.94. The van der Waals surface area contributed by atoms with Crippen LogP contribution in [0.25, 0.3) is 10.9 Å². The smallest absolute Gasteiger partial charge is 0.195 e. The minimum atomic E-state index is -0.349. The molecule has 0 saturated carbocycles. The summed E-state index contributed by atoms with van der Waals surface area (Å²) in [5.74, 6) is 0.833. The van der Waals surface area contributed by atoms with Gasteiger partial charge in [0.25, 0.3) is 0 Å². The van der Waals surface area contributed by atoms with Gasteiger partial charge in [-0.2, -0.15) is 0 Å². The van der Waals surface area contributed by atoms with Crippen molar-refractivity contribution in [1.29, 1.82) is 0 Å². The number of benzene rings is 2. The van der Waals surface area contributed by atoms with Gasteiger partial charge in [0.2, 0.25) is 0 Å². The van der Waals surface area contributed by atoms with Crippen LogP contribution in [0.15, 0.2) is 36.4 Å². The van der Waals surface area contributed by atoms with Crippen molar-refractivity contribution in [2.75, 3.05) is 18.9 Å². The van der Waals surface area contributed by atoms with Gasteiger partial charge in [-0.25, -0.2) is 0 Å². The van der Waals surface area contributed by atoms with Crippen LogP contribution in [-0.4, -0.2) is 30.1 Å². The molecular formula is C22H22N2O3. The number of hydrogen-bond donors (Lipinski definition) is 2. The highest BCUT2D eigenvalue weighted by atomic mass is 16.5. The summed E-state index contributed by atoms with van der Waals surface area (Å²) >= 11 is 0. The van der Waals surface area contributed by atoms with E-state index in [4.69, 9.17) is 15.2 Å². The summed E-state index contributed by atoms with van der Waals surface area (Å²) in [4.78, 5) is 16.7. The van der Waals surface area contributed by atoms with E-state index >= 15 is 0 Å². The molecule has 0 radical (unpaired) electrons. The van der Waals surface area contributed by atoms with E-state index in [1.807, 2.05) is 36.4 Å². The lowest BCUT2D eigenvalue weighted by atomic mass is 9.71. The molecule has 2 aromatic carbocycles. The number of nitrogens with two attached hydrogens (primary N) is 1. The number of rotatable bonds is 2. The van der Waals surface area contributed by atoms with Crippen LogP contribution in [0.3, 0.4) is 0 Å². The van der Waals surface area contributed by atoms with E-state index in [0.29, 0.717) is 12.3 Å². The first-order chi connectivity index (χ1) is 12.9. The first-order valence-electron chi connectivity index (χ1n) is 9.30.